The van der Waals surface area contributed by atoms with Crippen LogP contribution in [-0.4, -0.2) is 21.5 Å². The van der Waals surface area contributed by atoms with E-state index in [0.717, 1.165) is 19.4 Å². The molecule has 1 aliphatic carbocycles. The summed E-state index contributed by atoms with van der Waals surface area (Å²) < 4.78 is 1.69. The summed E-state index contributed by atoms with van der Waals surface area (Å²) in [5.41, 5.74) is -0.0561. The Kier molecular flexibility index (Phi) is 4.86. The molecule has 0 aromatic carbocycles. The van der Waals surface area contributed by atoms with Gasteiger partial charge in [-0.05, 0) is 32.6 Å². The van der Waals surface area contributed by atoms with Crippen molar-refractivity contribution in [3.8, 4) is 0 Å². The quantitative estimate of drug-likeness (QED) is 0.864. The second-order valence-electron chi connectivity index (χ2n) is 5.52. The van der Waals surface area contributed by atoms with Crippen LogP contribution in [0.4, 0.5) is 5.82 Å². The number of nitrogens with zero attached hydrogens (tertiary/aromatic N) is 2. The maximum atomic E-state index is 12.2. The normalized spacial score (nSPS) is 23.6. The van der Waals surface area contributed by atoms with Gasteiger partial charge in [-0.25, -0.2) is 4.98 Å². The Morgan fingerprint density at radius 3 is 2.89 bits per heavy atom. The van der Waals surface area contributed by atoms with Gasteiger partial charge in [0.1, 0.15) is 0 Å². The van der Waals surface area contributed by atoms with Crippen LogP contribution in [0.5, 0.6) is 0 Å². The maximum Gasteiger partial charge on any atom is 0.293 e. The highest BCUT2D eigenvalue weighted by Gasteiger charge is 2.23. The highest BCUT2D eigenvalue weighted by Crippen LogP contribution is 2.28. The largest absolute Gasteiger partial charge is 0.365 e. The van der Waals surface area contributed by atoms with Crippen molar-refractivity contribution >= 4 is 17.4 Å². The Hall–Kier alpha value is -1.03. The predicted molar refractivity (Wildman–Crippen MR) is 79.0 cm³/mol. The zero-order valence-corrected chi connectivity index (χ0v) is 12.4. The van der Waals surface area contributed by atoms with Gasteiger partial charge in [0.25, 0.3) is 5.56 Å². The molecule has 0 radical (unpaired) electrons. The van der Waals surface area contributed by atoms with Gasteiger partial charge in [0, 0.05) is 30.4 Å². The van der Waals surface area contributed by atoms with Crippen LogP contribution >= 0.6 is 11.6 Å². The standard InChI is InChI=1S/C14H22ClN3O/c1-10(2)18-8-7-16-13(14(18)19)17-9-11-5-3-4-6-12(11)15/h7-8,10-12H,3-6,9H2,1-2H3,(H,16,17). The lowest BCUT2D eigenvalue weighted by Gasteiger charge is -2.27. The van der Waals surface area contributed by atoms with Gasteiger partial charge in [-0.2, -0.15) is 0 Å². The molecule has 1 fully saturated rings. The lowest BCUT2D eigenvalue weighted by molar-refractivity contribution is 0.380. The molecule has 19 heavy (non-hydrogen) atoms. The van der Waals surface area contributed by atoms with E-state index in [0.29, 0.717) is 11.7 Å². The van der Waals surface area contributed by atoms with Crippen LogP contribution in [0.25, 0.3) is 0 Å². The van der Waals surface area contributed by atoms with E-state index < -0.39 is 0 Å². The summed E-state index contributed by atoms with van der Waals surface area (Å²) in [6.45, 7) is 4.71. The molecule has 1 aromatic rings. The third-order valence-corrected chi connectivity index (χ3v) is 4.35. The molecule has 2 atom stereocenters. The van der Waals surface area contributed by atoms with Gasteiger partial charge >= 0.3 is 0 Å². The third-order valence-electron chi connectivity index (χ3n) is 3.77. The first-order chi connectivity index (χ1) is 9.09. The van der Waals surface area contributed by atoms with E-state index in [1.807, 2.05) is 13.8 Å². The summed E-state index contributed by atoms with van der Waals surface area (Å²) in [4.78, 5) is 16.3. The van der Waals surface area contributed by atoms with Crippen LogP contribution in [0.15, 0.2) is 17.2 Å². The van der Waals surface area contributed by atoms with Gasteiger partial charge in [0.05, 0.1) is 0 Å². The van der Waals surface area contributed by atoms with Crippen molar-refractivity contribution in [3.05, 3.63) is 22.7 Å². The second-order valence-corrected chi connectivity index (χ2v) is 6.08. The Balaban J connectivity index is 2.03. The molecular weight excluding hydrogens is 262 g/mol. The lowest BCUT2D eigenvalue weighted by Crippen LogP contribution is -2.31. The fourth-order valence-electron chi connectivity index (χ4n) is 2.57. The molecule has 0 bridgehead atoms. The maximum absolute atomic E-state index is 12.2. The minimum Gasteiger partial charge on any atom is -0.365 e. The molecule has 0 spiro atoms. The van der Waals surface area contributed by atoms with Crippen LogP contribution < -0.4 is 10.9 Å². The molecule has 1 saturated carbocycles. The molecular formula is C14H22ClN3O. The number of rotatable bonds is 4. The van der Waals surface area contributed by atoms with Gasteiger partial charge in [-0.3, -0.25) is 4.79 Å². The molecule has 0 saturated heterocycles. The smallest absolute Gasteiger partial charge is 0.293 e. The second kappa shape index (κ2) is 6.42. The van der Waals surface area contributed by atoms with E-state index in [4.69, 9.17) is 11.6 Å². The minimum atomic E-state index is -0.0561. The Bertz CT molecular complexity index is 472. The van der Waals surface area contributed by atoms with Gasteiger partial charge < -0.3 is 9.88 Å². The first-order valence-corrected chi connectivity index (χ1v) is 7.48. The summed E-state index contributed by atoms with van der Waals surface area (Å²) in [7, 11) is 0. The summed E-state index contributed by atoms with van der Waals surface area (Å²) >= 11 is 6.33. The van der Waals surface area contributed by atoms with Crippen molar-refractivity contribution in [2.75, 3.05) is 11.9 Å². The first-order valence-electron chi connectivity index (χ1n) is 7.04. The van der Waals surface area contributed by atoms with Crippen molar-refractivity contribution in [1.29, 1.82) is 0 Å². The number of nitrogens with one attached hydrogen (secondary N) is 1. The van der Waals surface area contributed by atoms with E-state index in [-0.39, 0.29) is 17.0 Å². The highest BCUT2D eigenvalue weighted by molar-refractivity contribution is 6.20. The zero-order valence-electron chi connectivity index (χ0n) is 11.6. The monoisotopic (exact) mass is 283 g/mol. The van der Waals surface area contributed by atoms with E-state index in [1.165, 1.54) is 12.8 Å². The van der Waals surface area contributed by atoms with E-state index in [1.54, 1.807) is 17.0 Å². The number of hydrogen-bond acceptors (Lipinski definition) is 3. The molecule has 4 nitrogen and oxygen atoms in total. The zero-order chi connectivity index (χ0) is 13.8. The van der Waals surface area contributed by atoms with Crippen LogP contribution in [0.1, 0.15) is 45.6 Å². The van der Waals surface area contributed by atoms with Crippen LogP contribution in [0.3, 0.4) is 0 Å². The predicted octanol–water partition coefficient (Wildman–Crippen LogP) is 3.03. The summed E-state index contributed by atoms with van der Waals surface area (Å²) in [6.07, 6.45) is 8.05. The molecule has 1 heterocycles. The van der Waals surface area contributed by atoms with Gasteiger partial charge in [0.15, 0.2) is 5.82 Å². The SMILES string of the molecule is CC(C)n1ccnc(NCC2CCCCC2Cl)c1=O. The van der Waals surface area contributed by atoms with Gasteiger partial charge in [-0.1, -0.05) is 12.8 Å². The van der Waals surface area contributed by atoms with E-state index in [9.17, 15) is 4.79 Å². The Morgan fingerprint density at radius 1 is 1.47 bits per heavy atom. The van der Waals surface area contributed by atoms with Crippen LogP contribution in [0.2, 0.25) is 0 Å². The van der Waals surface area contributed by atoms with Crippen molar-refractivity contribution in [3.63, 3.8) is 0 Å². The number of hydrogen-bond donors (Lipinski definition) is 1. The number of alkyl halides is 1. The lowest BCUT2D eigenvalue weighted by atomic mass is 9.89. The average Bonchev–Trinajstić information content (AvgIpc) is 2.39. The number of halogens is 1. The summed E-state index contributed by atoms with van der Waals surface area (Å²) in [6, 6.07) is 0.145. The molecule has 1 aliphatic rings. The van der Waals surface area contributed by atoms with Gasteiger partial charge in [-0.15, -0.1) is 11.6 Å². The number of aromatic nitrogens is 2. The Morgan fingerprint density at radius 2 is 2.21 bits per heavy atom. The molecule has 1 N–H and O–H groups in total. The van der Waals surface area contributed by atoms with E-state index >= 15 is 0 Å². The minimum absolute atomic E-state index is 0.0561. The van der Waals surface area contributed by atoms with Crippen molar-refractivity contribution in [1.82, 2.24) is 9.55 Å². The van der Waals surface area contributed by atoms with Crippen molar-refractivity contribution < 1.29 is 0 Å². The molecule has 106 valence electrons. The molecule has 0 aliphatic heterocycles. The molecule has 5 heteroatoms. The third kappa shape index (κ3) is 3.50. The molecule has 2 unspecified atom stereocenters. The van der Waals surface area contributed by atoms with E-state index in [2.05, 4.69) is 10.3 Å². The average molecular weight is 284 g/mol. The molecule has 0 amide bonds. The highest BCUT2D eigenvalue weighted by atomic mass is 35.5. The molecule has 1 aromatic heterocycles. The molecule has 2 rings (SSSR count). The van der Waals surface area contributed by atoms with Crippen molar-refractivity contribution in [2.45, 2.75) is 50.9 Å². The summed E-state index contributed by atoms with van der Waals surface area (Å²) in [5.74, 6) is 0.870. The van der Waals surface area contributed by atoms with Crippen LogP contribution in [0, 0.1) is 5.92 Å². The van der Waals surface area contributed by atoms with Crippen LogP contribution in [-0.2, 0) is 0 Å². The summed E-state index contributed by atoms with van der Waals surface area (Å²) in [5, 5.41) is 3.40. The van der Waals surface area contributed by atoms with Crippen molar-refractivity contribution in [2.24, 2.45) is 5.92 Å². The topological polar surface area (TPSA) is 46.9 Å². The number of anilines is 1. The first kappa shape index (κ1) is 14.4. The fraction of sp³-hybridized carbons (Fsp3) is 0.714. The fourth-order valence-corrected chi connectivity index (χ4v) is 2.94. The van der Waals surface area contributed by atoms with Gasteiger partial charge in [0.2, 0.25) is 0 Å². The Labute approximate surface area is 119 Å².